The van der Waals surface area contributed by atoms with Crippen LogP contribution >= 0.6 is 23.1 Å². The molecule has 0 aromatic carbocycles. The third-order valence-electron chi connectivity index (χ3n) is 5.89. The number of rotatable bonds is 8. The second-order valence-corrected chi connectivity index (χ2v) is 10.1. The van der Waals surface area contributed by atoms with E-state index >= 15 is 0 Å². The van der Waals surface area contributed by atoms with Gasteiger partial charge in [-0.25, -0.2) is 0 Å². The molecule has 0 unspecified atom stereocenters. The number of carbonyl (C=O) groups excluding carboxylic acids is 2. The molecule has 2 aliphatic rings. The van der Waals surface area contributed by atoms with Gasteiger partial charge in [0.25, 0.3) is 0 Å². The number of aryl methyl sites for hydroxylation is 1. The van der Waals surface area contributed by atoms with E-state index in [-0.39, 0.29) is 17.4 Å². The number of amides is 1. The summed E-state index contributed by atoms with van der Waals surface area (Å²) >= 11 is 2.95. The molecular weight excluding hydrogens is 416 g/mol. The number of anilines is 1. The summed E-state index contributed by atoms with van der Waals surface area (Å²) < 4.78 is 2.10. The van der Waals surface area contributed by atoms with Crippen molar-refractivity contribution in [3.05, 3.63) is 34.5 Å². The molecule has 2 aliphatic carbocycles. The summed E-state index contributed by atoms with van der Waals surface area (Å²) in [5, 5.41) is 13.3. The molecule has 0 bridgehead atoms. The Morgan fingerprint density at radius 2 is 2.03 bits per heavy atom. The highest BCUT2D eigenvalue weighted by molar-refractivity contribution is 7.99. The van der Waals surface area contributed by atoms with E-state index in [0.717, 1.165) is 48.6 Å². The third kappa shape index (κ3) is 4.39. The highest BCUT2D eigenvalue weighted by Gasteiger charge is 2.26. The Balaban J connectivity index is 1.44. The van der Waals surface area contributed by atoms with Crippen molar-refractivity contribution in [3.63, 3.8) is 0 Å². The largest absolute Gasteiger partial charge is 0.316 e. The van der Waals surface area contributed by atoms with Gasteiger partial charge in [-0.05, 0) is 44.6 Å². The van der Waals surface area contributed by atoms with Gasteiger partial charge in [0.05, 0.1) is 11.3 Å². The number of thioether (sulfide) groups is 1. The number of aromatic nitrogens is 3. The van der Waals surface area contributed by atoms with E-state index in [9.17, 15) is 9.59 Å². The number of ketones is 1. The minimum atomic E-state index is -0.116. The maximum absolute atomic E-state index is 12.7. The smallest absolute Gasteiger partial charge is 0.235 e. The predicted molar refractivity (Wildman–Crippen MR) is 122 cm³/mol. The summed E-state index contributed by atoms with van der Waals surface area (Å²) in [6.07, 6.45) is 10.9. The van der Waals surface area contributed by atoms with Gasteiger partial charge in [0.2, 0.25) is 5.91 Å². The molecule has 2 aromatic rings. The van der Waals surface area contributed by atoms with Crippen molar-refractivity contribution in [1.29, 1.82) is 0 Å². The summed E-state index contributed by atoms with van der Waals surface area (Å²) in [7, 11) is 0. The van der Waals surface area contributed by atoms with Crippen molar-refractivity contribution in [1.82, 2.24) is 14.8 Å². The highest BCUT2D eigenvalue weighted by atomic mass is 32.2. The van der Waals surface area contributed by atoms with Crippen LogP contribution in [0.3, 0.4) is 0 Å². The van der Waals surface area contributed by atoms with Crippen molar-refractivity contribution in [2.24, 2.45) is 0 Å². The van der Waals surface area contributed by atoms with Crippen LogP contribution in [0.15, 0.2) is 17.8 Å². The van der Waals surface area contributed by atoms with Crippen LogP contribution in [0.25, 0.3) is 0 Å². The number of hydrogen-bond donors (Lipinski definition) is 1. The van der Waals surface area contributed by atoms with Gasteiger partial charge in [0.15, 0.2) is 10.9 Å². The molecule has 30 heavy (non-hydrogen) atoms. The Hall–Kier alpha value is -1.93. The summed E-state index contributed by atoms with van der Waals surface area (Å²) in [6.45, 7) is 6.10. The Labute approximate surface area is 185 Å². The predicted octanol–water partition coefficient (Wildman–Crippen LogP) is 5.00. The lowest BCUT2D eigenvalue weighted by Gasteiger charge is -2.21. The quantitative estimate of drug-likeness (QED) is 0.352. The van der Waals surface area contributed by atoms with E-state index in [4.69, 9.17) is 0 Å². The van der Waals surface area contributed by atoms with Gasteiger partial charge in [0.1, 0.15) is 10.8 Å². The molecule has 0 saturated heterocycles. The van der Waals surface area contributed by atoms with Gasteiger partial charge >= 0.3 is 0 Å². The van der Waals surface area contributed by atoms with Crippen LogP contribution in [0, 0.1) is 0 Å². The molecule has 160 valence electrons. The van der Waals surface area contributed by atoms with Crippen molar-refractivity contribution in [2.45, 2.75) is 75.9 Å². The summed E-state index contributed by atoms with van der Waals surface area (Å²) in [6, 6.07) is 0. The molecule has 2 aromatic heterocycles. The van der Waals surface area contributed by atoms with Gasteiger partial charge in [0, 0.05) is 17.3 Å². The van der Waals surface area contributed by atoms with Crippen LogP contribution in [-0.4, -0.2) is 32.2 Å². The van der Waals surface area contributed by atoms with E-state index in [1.165, 1.54) is 35.9 Å². The van der Waals surface area contributed by atoms with Gasteiger partial charge in [-0.3, -0.25) is 9.59 Å². The zero-order valence-corrected chi connectivity index (χ0v) is 19.0. The molecular formula is C22H28N4O2S2. The average molecular weight is 445 g/mol. The van der Waals surface area contributed by atoms with Crippen LogP contribution < -0.4 is 5.32 Å². The second kappa shape index (κ2) is 9.47. The molecule has 4 rings (SSSR count). The fraction of sp³-hybridized carbons (Fsp3) is 0.545. The van der Waals surface area contributed by atoms with Crippen molar-refractivity contribution < 1.29 is 9.59 Å². The van der Waals surface area contributed by atoms with Crippen molar-refractivity contribution in [3.8, 4) is 0 Å². The van der Waals surface area contributed by atoms with Gasteiger partial charge in [-0.1, -0.05) is 37.1 Å². The molecule has 6 nitrogen and oxygen atoms in total. The number of carbonyl (C=O) groups is 2. The topological polar surface area (TPSA) is 76.9 Å². The molecule has 0 atom stereocenters. The molecule has 0 spiro atoms. The first kappa shape index (κ1) is 21.3. The molecule has 2 heterocycles. The third-order valence-corrected chi connectivity index (χ3v) is 8.06. The average Bonchev–Trinajstić information content (AvgIpc) is 3.42. The molecule has 0 aliphatic heterocycles. The minimum absolute atomic E-state index is 0.0280. The maximum atomic E-state index is 12.7. The summed E-state index contributed by atoms with van der Waals surface area (Å²) in [5.41, 5.74) is 1.85. The lowest BCUT2D eigenvalue weighted by Crippen LogP contribution is -2.16. The summed E-state index contributed by atoms with van der Waals surface area (Å²) in [5.74, 6) is 1.61. The lowest BCUT2D eigenvalue weighted by molar-refractivity contribution is -0.113. The standard InChI is InChI=1S/C22H28N4O2S2/c1-3-12-26-20(15-8-5-4-6-9-15)24-25-22(26)29-13-18(28)23-21-19(14(2)27)16-10-7-11-17(16)30-21/h3,15H,1,4-13H2,2H3,(H,23,28). The van der Waals surface area contributed by atoms with E-state index in [2.05, 4.69) is 26.7 Å². The highest BCUT2D eigenvalue weighted by Crippen LogP contribution is 2.39. The SMILES string of the molecule is C=CCn1c(SCC(=O)Nc2sc3c(c2C(C)=O)CCC3)nnc1C1CCCCC1. The van der Waals surface area contributed by atoms with E-state index < -0.39 is 0 Å². The lowest BCUT2D eigenvalue weighted by atomic mass is 9.89. The first-order valence-corrected chi connectivity index (χ1v) is 12.5. The van der Waals surface area contributed by atoms with Crippen LogP contribution in [0.5, 0.6) is 0 Å². The molecule has 1 fully saturated rings. The van der Waals surface area contributed by atoms with E-state index in [0.29, 0.717) is 23.0 Å². The van der Waals surface area contributed by atoms with Crippen LogP contribution in [0.2, 0.25) is 0 Å². The fourth-order valence-electron chi connectivity index (χ4n) is 4.53. The van der Waals surface area contributed by atoms with Gasteiger partial charge in [-0.2, -0.15) is 0 Å². The Morgan fingerprint density at radius 3 is 2.77 bits per heavy atom. The first-order valence-electron chi connectivity index (χ1n) is 10.7. The maximum Gasteiger partial charge on any atom is 0.235 e. The molecule has 1 saturated carbocycles. The molecule has 0 radical (unpaired) electrons. The van der Waals surface area contributed by atoms with Crippen LogP contribution in [0.4, 0.5) is 5.00 Å². The Morgan fingerprint density at radius 1 is 1.23 bits per heavy atom. The Bertz CT molecular complexity index is 957. The first-order chi connectivity index (χ1) is 14.6. The zero-order valence-electron chi connectivity index (χ0n) is 17.4. The van der Waals surface area contributed by atoms with Gasteiger partial charge < -0.3 is 9.88 Å². The fourth-order valence-corrected chi connectivity index (χ4v) is 6.64. The number of thiophene rings is 1. The number of nitrogens with zero attached hydrogens (tertiary/aromatic N) is 3. The number of Topliss-reactive ketones (excluding diaryl/α,β-unsaturated/α-hetero) is 1. The van der Waals surface area contributed by atoms with Crippen LogP contribution in [-0.2, 0) is 24.2 Å². The monoisotopic (exact) mass is 444 g/mol. The van der Waals surface area contributed by atoms with Crippen LogP contribution in [0.1, 0.15) is 78.0 Å². The number of hydrogen-bond acceptors (Lipinski definition) is 6. The normalized spacial score (nSPS) is 16.4. The summed E-state index contributed by atoms with van der Waals surface area (Å²) in [4.78, 5) is 26.0. The van der Waals surface area contributed by atoms with Crippen molar-refractivity contribution in [2.75, 3.05) is 11.1 Å². The van der Waals surface area contributed by atoms with E-state index in [1.54, 1.807) is 18.3 Å². The number of allylic oxidation sites excluding steroid dienone is 1. The zero-order chi connectivity index (χ0) is 21.1. The van der Waals surface area contributed by atoms with Crippen molar-refractivity contribution >= 4 is 39.8 Å². The van der Waals surface area contributed by atoms with E-state index in [1.807, 2.05) is 6.08 Å². The minimum Gasteiger partial charge on any atom is -0.316 e. The second-order valence-electron chi connectivity index (χ2n) is 8.03. The number of nitrogens with one attached hydrogen (secondary N) is 1. The van der Waals surface area contributed by atoms with Gasteiger partial charge in [-0.15, -0.1) is 28.1 Å². The Kier molecular flexibility index (Phi) is 6.73. The molecule has 1 amide bonds. The number of fused-ring (bicyclic) bond motifs is 1. The molecule has 1 N–H and O–H groups in total. The molecule has 8 heteroatoms.